The number of amides is 1. The standard InChI is InChI=1S/C23H21N3O2/c1-16-2-7-21-20(14-16)26-23(28-21)9-8-22(27)25-19-5-3-17(4-6-19)15-18-10-12-24-13-11-18/h2-7,10-14H,8-9,15H2,1H3,(H,25,27). The van der Waals surface area contributed by atoms with Crippen LogP contribution in [-0.4, -0.2) is 15.9 Å². The Morgan fingerprint density at radius 3 is 2.54 bits per heavy atom. The van der Waals surface area contributed by atoms with Crippen LogP contribution in [0, 0.1) is 6.92 Å². The summed E-state index contributed by atoms with van der Waals surface area (Å²) < 4.78 is 5.70. The predicted molar refractivity (Wildman–Crippen MR) is 109 cm³/mol. The largest absolute Gasteiger partial charge is 0.441 e. The van der Waals surface area contributed by atoms with Gasteiger partial charge in [-0.2, -0.15) is 0 Å². The lowest BCUT2D eigenvalue weighted by Gasteiger charge is -2.06. The number of nitrogens with one attached hydrogen (secondary N) is 1. The maximum Gasteiger partial charge on any atom is 0.224 e. The predicted octanol–water partition coefficient (Wildman–Crippen LogP) is 4.69. The van der Waals surface area contributed by atoms with Gasteiger partial charge in [-0.05, 0) is 66.4 Å². The SMILES string of the molecule is Cc1ccc2oc(CCC(=O)Nc3ccc(Cc4ccncc4)cc3)nc2c1. The van der Waals surface area contributed by atoms with Crippen LogP contribution in [0.5, 0.6) is 0 Å². The molecule has 1 amide bonds. The van der Waals surface area contributed by atoms with Crippen LogP contribution in [-0.2, 0) is 17.6 Å². The van der Waals surface area contributed by atoms with Gasteiger partial charge in [0.05, 0.1) is 0 Å². The molecule has 0 saturated carbocycles. The van der Waals surface area contributed by atoms with Crippen LogP contribution in [0.4, 0.5) is 5.69 Å². The summed E-state index contributed by atoms with van der Waals surface area (Å²) in [6.07, 6.45) is 5.22. The number of anilines is 1. The van der Waals surface area contributed by atoms with Gasteiger partial charge in [-0.15, -0.1) is 0 Å². The molecule has 2 aromatic carbocycles. The molecule has 4 aromatic rings. The summed E-state index contributed by atoms with van der Waals surface area (Å²) in [5.74, 6) is 0.531. The van der Waals surface area contributed by atoms with Crippen molar-refractivity contribution in [1.82, 2.24) is 9.97 Å². The number of aryl methyl sites for hydroxylation is 2. The summed E-state index contributed by atoms with van der Waals surface area (Å²) in [6, 6.07) is 17.8. The average Bonchev–Trinajstić information content (AvgIpc) is 3.11. The van der Waals surface area contributed by atoms with E-state index in [0.717, 1.165) is 28.8 Å². The van der Waals surface area contributed by atoms with E-state index in [4.69, 9.17) is 4.42 Å². The third-order valence-corrected chi connectivity index (χ3v) is 4.55. The molecule has 0 unspecified atom stereocenters. The summed E-state index contributed by atoms with van der Waals surface area (Å²) >= 11 is 0. The van der Waals surface area contributed by atoms with E-state index in [1.807, 2.05) is 61.5 Å². The van der Waals surface area contributed by atoms with E-state index in [-0.39, 0.29) is 5.91 Å². The zero-order chi connectivity index (χ0) is 19.3. The van der Waals surface area contributed by atoms with Crippen molar-refractivity contribution < 1.29 is 9.21 Å². The molecule has 1 N–H and O–H groups in total. The summed E-state index contributed by atoms with van der Waals surface area (Å²) in [7, 11) is 0. The molecule has 0 fully saturated rings. The number of hydrogen-bond acceptors (Lipinski definition) is 4. The van der Waals surface area contributed by atoms with E-state index in [9.17, 15) is 4.79 Å². The minimum atomic E-state index is -0.0553. The second-order valence-electron chi connectivity index (χ2n) is 6.86. The molecule has 2 heterocycles. The first kappa shape index (κ1) is 17.9. The Kier molecular flexibility index (Phi) is 5.15. The van der Waals surface area contributed by atoms with Gasteiger partial charge in [0.1, 0.15) is 5.52 Å². The van der Waals surface area contributed by atoms with Crippen molar-refractivity contribution in [2.45, 2.75) is 26.2 Å². The molecular weight excluding hydrogens is 350 g/mol. The second kappa shape index (κ2) is 8.05. The van der Waals surface area contributed by atoms with Crippen LogP contribution in [0.2, 0.25) is 0 Å². The van der Waals surface area contributed by atoms with Crippen LogP contribution in [0.15, 0.2) is 71.4 Å². The number of nitrogens with zero attached hydrogens (tertiary/aromatic N) is 2. The van der Waals surface area contributed by atoms with Gasteiger partial charge < -0.3 is 9.73 Å². The molecule has 0 radical (unpaired) electrons. The van der Waals surface area contributed by atoms with Crippen molar-refractivity contribution in [1.29, 1.82) is 0 Å². The molecule has 2 aromatic heterocycles. The van der Waals surface area contributed by atoms with Gasteiger partial charge in [-0.3, -0.25) is 9.78 Å². The minimum Gasteiger partial charge on any atom is -0.441 e. The topological polar surface area (TPSA) is 68.0 Å². The van der Waals surface area contributed by atoms with Crippen LogP contribution in [0.25, 0.3) is 11.1 Å². The third-order valence-electron chi connectivity index (χ3n) is 4.55. The van der Waals surface area contributed by atoms with Crippen LogP contribution < -0.4 is 5.32 Å². The molecule has 0 spiro atoms. The Hall–Kier alpha value is -3.47. The molecular formula is C23H21N3O2. The van der Waals surface area contributed by atoms with Crippen molar-refractivity contribution in [3.8, 4) is 0 Å². The fraction of sp³-hybridized carbons (Fsp3) is 0.174. The first-order chi connectivity index (χ1) is 13.7. The number of fused-ring (bicyclic) bond motifs is 1. The van der Waals surface area contributed by atoms with E-state index < -0.39 is 0 Å². The average molecular weight is 371 g/mol. The van der Waals surface area contributed by atoms with E-state index in [1.54, 1.807) is 12.4 Å². The molecule has 0 aliphatic heterocycles. The molecule has 5 nitrogen and oxygen atoms in total. The molecule has 0 aliphatic carbocycles. The number of carbonyl (C=O) groups is 1. The molecule has 0 atom stereocenters. The monoisotopic (exact) mass is 371 g/mol. The first-order valence-corrected chi connectivity index (χ1v) is 9.29. The smallest absolute Gasteiger partial charge is 0.224 e. The highest BCUT2D eigenvalue weighted by atomic mass is 16.3. The summed E-state index contributed by atoms with van der Waals surface area (Å²) in [5.41, 5.74) is 5.91. The number of aromatic nitrogens is 2. The van der Waals surface area contributed by atoms with Gasteiger partial charge in [0.25, 0.3) is 0 Å². The van der Waals surface area contributed by atoms with E-state index in [0.29, 0.717) is 18.7 Å². The number of oxazole rings is 1. The van der Waals surface area contributed by atoms with E-state index in [2.05, 4.69) is 15.3 Å². The number of pyridine rings is 1. The van der Waals surface area contributed by atoms with Crippen LogP contribution in [0.3, 0.4) is 0 Å². The molecule has 140 valence electrons. The van der Waals surface area contributed by atoms with E-state index in [1.165, 1.54) is 11.1 Å². The summed E-state index contributed by atoms with van der Waals surface area (Å²) in [6.45, 7) is 2.02. The van der Waals surface area contributed by atoms with Gasteiger partial charge in [-0.1, -0.05) is 18.2 Å². The normalized spacial score (nSPS) is 10.9. The van der Waals surface area contributed by atoms with Crippen molar-refractivity contribution in [3.63, 3.8) is 0 Å². The third kappa shape index (κ3) is 4.43. The lowest BCUT2D eigenvalue weighted by Crippen LogP contribution is -2.12. The number of benzene rings is 2. The Morgan fingerprint density at radius 2 is 1.75 bits per heavy atom. The van der Waals surface area contributed by atoms with Crippen molar-refractivity contribution >= 4 is 22.7 Å². The van der Waals surface area contributed by atoms with Gasteiger partial charge >= 0.3 is 0 Å². The molecule has 0 saturated heterocycles. The number of carbonyl (C=O) groups excluding carboxylic acids is 1. The van der Waals surface area contributed by atoms with Crippen LogP contribution >= 0.6 is 0 Å². The van der Waals surface area contributed by atoms with E-state index >= 15 is 0 Å². The summed E-state index contributed by atoms with van der Waals surface area (Å²) in [5, 5.41) is 2.93. The highest BCUT2D eigenvalue weighted by Crippen LogP contribution is 2.18. The molecule has 0 bridgehead atoms. The van der Waals surface area contributed by atoms with Gasteiger partial charge in [0.15, 0.2) is 11.5 Å². The molecule has 0 aliphatic rings. The second-order valence-corrected chi connectivity index (χ2v) is 6.86. The minimum absolute atomic E-state index is 0.0553. The first-order valence-electron chi connectivity index (χ1n) is 9.29. The molecule has 4 rings (SSSR count). The molecule has 28 heavy (non-hydrogen) atoms. The maximum absolute atomic E-state index is 12.2. The Bertz CT molecular complexity index is 1090. The van der Waals surface area contributed by atoms with Crippen molar-refractivity contribution in [2.75, 3.05) is 5.32 Å². The van der Waals surface area contributed by atoms with Crippen molar-refractivity contribution in [3.05, 3.63) is 89.6 Å². The Balaban J connectivity index is 1.31. The Labute approximate surface area is 163 Å². The lowest BCUT2D eigenvalue weighted by atomic mass is 10.1. The van der Waals surface area contributed by atoms with Crippen LogP contribution in [0.1, 0.15) is 29.0 Å². The van der Waals surface area contributed by atoms with Gasteiger partial charge in [-0.25, -0.2) is 4.98 Å². The lowest BCUT2D eigenvalue weighted by molar-refractivity contribution is -0.116. The van der Waals surface area contributed by atoms with Gasteiger partial charge in [0, 0.05) is 30.9 Å². The summed E-state index contributed by atoms with van der Waals surface area (Å²) in [4.78, 5) is 20.7. The zero-order valence-electron chi connectivity index (χ0n) is 15.7. The number of hydrogen-bond donors (Lipinski definition) is 1. The zero-order valence-corrected chi connectivity index (χ0v) is 15.7. The number of rotatable bonds is 6. The highest BCUT2D eigenvalue weighted by Gasteiger charge is 2.09. The fourth-order valence-electron chi connectivity index (χ4n) is 3.08. The Morgan fingerprint density at radius 1 is 1.00 bits per heavy atom. The fourth-order valence-corrected chi connectivity index (χ4v) is 3.08. The van der Waals surface area contributed by atoms with Gasteiger partial charge in [0.2, 0.25) is 5.91 Å². The quantitative estimate of drug-likeness (QED) is 0.534. The highest BCUT2D eigenvalue weighted by molar-refractivity contribution is 5.90. The van der Waals surface area contributed by atoms with Crippen molar-refractivity contribution in [2.24, 2.45) is 0 Å². The molecule has 5 heteroatoms. The maximum atomic E-state index is 12.2.